The normalized spacial score (nSPS) is 18.0. The predicted octanol–water partition coefficient (Wildman–Crippen LogP) is 4.08. The molecule has 0 radical (unpaired) electrons. The molecule has 0 saturated heterocycles. The van der Waals surface area contributed by atoms with Gasteiger partial charge in [-0.2, -0.15) is 5.10 Å². The lowest BCUT2D eigenvalue weighted by Crippen LogP contribution is -2.45. The number of amides is 1. The molecule has 3 rings (SSSR count). The minimum absolute atomic E-state index is 0.0589. The molecule has 0 aliphatic carbocycles. The number of fused-ring (bicyclic) bond motifs is 1. The van der Waals surface area contributed by atoms with Gasteiger partial charge in [-0.3, -0.25) is 14.9 Å². The molecule has 1 N–H and O–H groups in total. The first-order valence-electron chi connectivity index (χ1n) is 9.15. The zero-order valence-electron chi connectivity index (χ0n) is 16.5. The summed E-state index contributed by atoms with van der Waals surface area (Å²) in [6.07, 6.45) is 2.67. The molecule has 1 aliphatic rings. The van der Waals surface area contributed by atoms with E-state index in [9.17, 15) is 14.9 Å². The zero-order chi connectivity index (χ0) is 20.5. The molecular formula is C21H24N4O3. The zero-order valence-corrected chi connectivity index (χ0v) is 16.5. The molecule has 0 aromatic heterocycles. The third kappa shape index (κ3) is 3.88. The van der Waals surface area contributed by atoms with Crippen LogP contribution in [-0.4, -0.2) is 29.6 Å². The van der Waals surface area contributed by atoms with Crippen molar-refractivity contribution in [2.24, 2.45) is 5.10 Å². The molecule has 0 spiro atoms. The molecule has 1 heterocycles. The topological polar surface area (TPSA) is 87.8 Å². The largest absolute Gasteiger partial charge is 0.369 e. The van der Waals surface area contributed by atoms with E-state index in [1.807, 2.05) is 6.07 Å². The molecule has 0 fully saturated rings. The van der Waals surface area contributed by atoms with Crippen LogP contribution in [0.15, 0.2) is 47.6 Å². The summed E-state index contributed by atoms with van der Waals surface area (Å²) in [6.45, 7) is 6.72. The number of benzene rings is 2. The van der Waals surface area contributed by atoms with Gasteiger partial charge < -0.3 is 4.90 Å². The summed E-state index contributed by atoms with van der Waals surface area (Å²) in [5.74, 6) is 0.0169. The van der Waals surface area contributed by atoms with Gasteiger partial charge in [0.2, 0.25) is 0 Å². The first kappa shape index (κ1) is 19.5. The van der Waals surface area contributed by atoms with Crippen LogP contribution in [0.1, 0.15) is 54.6 Å². The van der Waals surface area contributed by atoms with Gasteiger partial charge in [0, 0.05) is 36.0 Å². The highest BCUT2D eigenvalue weighted by atomic mass is 16.6. The molecule has 146 valence electrons. The summed E-state index contributed by atoms with van der Waals surface area (Å²) in [5.41, 5.74) is 6.22. The Morgan fingerprint density at radius 2 is 1.96 bits per heavy atom. The van der Waals surface area contributed by atoms with Gasteiger partial charge in [-0.05, 0) is 61.6 Å². The van der Waals surface area contributed by atoms with Crippen molar-refractivity contribution < 1.29 is 9.72 Å². The number of nitro groups is 1. The maximum atomic E-state index is 12.1. The van der Waals surface area contributed by atoms with Crippen molar-refractivity contribution in [2.75, 3.05) is 11.9 Å². The van der Waals surface area contributed by atoms with Gasteiger partial charge in [0.1, 0.15) is 0 Å². The van der Waals surface area contributed by atoms with Gasteiger partial charge in [-0.1, -0.05) is 13.0 Å². The number of hydrogen-bond donors (Lipinski definition) is 1. The molecule has 1 atom stereocenters. The smallest absolute Gasteiger partial charge is 0.271 e. The number of rotatable bonds is 4. The number of non-ortho nitro benzene ring substituents is 1. The SMILES string of the molecule is CC1CC(C)(C)N(C)c2ccc(/C=N/NC(=O)c3ccc([N+](=O)[O-])cc3)cc21. The van der Waals surface area contributed by atoms with Crippen molar-refractivity contribution in [3.8, 4) is 0 Å². The van der Waals surface area contributed by atoms with Gasteiger partial charge >= 0.3 is 0 Å². The Hall–Kier alpha value is -3.22. The number of hydrogen-bond acceptors (Lipinski definition) is 5. The van der Waals surface area contributed by atoms with E-state index in [-0.39, 0.29) is 11.2 Å². The highest BCUT2D eigenvalue weighted by molar-refractivity contribution is 5.95. The van der Waals surface area contributed by atoms with E-state index in [4.69, 9.17) is 0 Å². The van der Waals surface area contributed by atoms with Crippen LogP contribution in [0.4, 0.5) is 11.4 Å². The summed E-state index contributed by atoms with van der Waals surface area (Å²) in [4.78, 5) is 24.6. The van der Waals surface area contributed by atoms with Crippen LogP contribution in [0.3, 0.4) is 0 Å². The monoisotopic (exact) mass is 380 g/mol. The second kappa shape index (κ2) is 7.42. The van der Waals surface area contributed by atoms with Crippen LogP contribution >= 0.6 is 0 Å². The Bertz CT molecular complexity index is 935. The summed E-state index contributed by atoms with van der Waals surface area (Å²) < 4.78 is 0. The summed E-state index contributed by atoms with van der Waals surface area (Å²) >= 11 is 0. The standard InChI is InChI=1S/C21H24N4O3/c1-14-12-21(2,3)24(4)19-10-5-15(11-18(14)19)13-22-23-20(26)16-6-8-17(9-7-16)25(27)28/h5-11,13-14H,12H2,1-4H3,(H,23,26)/b22-13+. The Labute approximate surface area is 164 Å². The quantitative estimate of drug-likeness (QED) is 0.492. The maximum Gasteiger partial charge on any atom is 0.271 e. The maximum absolute atomic E-state index is 12.1. The molecule has 1 amide bonds. The first-order valence-corrected chi connectivity index (χ1v) is 9.15. The van der Waals surface area contributed by atoms with Crippen molar-refractivity contribution in [3.05, 3.63) is 69.3 Å². The van der Waals surface area contributed by atoms with Crippen molar-refractivity contribution in [1.29, 1.82) is 0 Å². The van der Waals surface area contributed by atoms with Gasteiger partial charge in [-0.15, -0.1) is 0 Å². The molecule has 0 bridgehead atoms. The van der Waals surface area contributed by atoms with E-state index >= 15 is 0 Å². The molecule has 28 heavy (non-hydrogen) atoms. The molecule has 0 saturated carbocycles. The fourth-order valence-corrected chi connectivity index (χ4v) is 3.64. The highest BCUT2D eigenvalue weighted by Crippen LogP contribution is 2.42. The van der Waals surface area contributed by atoms with E-state index in [0.29, 0.717) is 11.5 Å². The van der Waals surface area contributed by atoms with E-state index in [2.05, 4.69) is 55.4 Å². The van der Waals surface area contributed by atoms with Crippen LogP contribution in [0.2, 0.25) is 0 Å². The van der Waals surface area contributed by atoms with Crippen LogP contribution in [0.5, 0.6) is 0 Å². The lowest BCUT2D eigenvalue weighted by atomic mass is 9.80. The Balaban J connectivity index is 1.70. The van der Waals surface area contributed by atoms with Gasteiger partial charge in [-0.25, -0.2) is 5.43 Å². The van der Waals surface area contributed by atoms with Crippen molar-refractivity contribution in [1.82, 2.24) is 5.43 Å². The number of hydrazone groups is 1. The number of nitrogens with one attached hydrogen (secondary N) is 1. The minimum Gasteiger partial charge on any atom is -0.369 e. The Morgan fingerprint density at radius 1 is 1.29 bits per heavy atom. The Kier molecular flexibility index (Phi) is 5.18. The second-order valence-electron chi connectivity index (χ2n) is 7.80. The lowest BCUT2D eigenvalue weighted by molar-refractivity contribution is -0.384. The third-order valence-corrected chi connectivity index (χ3v) is 5.38. The average Bonchev–Trinajstić information content (AvgIpc) is 2.66. The van der Waals surface area contributed by atoms with Crippen molar-refractivity contribution in [3.63, 3.8) is 0 Å². The van der Waals surface area contributed by atoms with Crippen LogP contribution in [0.25, 0.3) is 0 Å². The molecule has 1 unspecified atom stereocenters. The van der Waals surface area contributed by atoms with Crippen LogP contribution < -0.4 is 10.3 Å². The number of nitro benzene ring substituents is 1. The molecular weight excluding hydrogens is 356 g/mol. The van der Waals surface area contributed by atoms with Crippen molar-refractivity contribution >= 4 is 23.5 Å². The molecule has 7 nitrogen and oxygen atoms in total. The van der Waals surface area contributed by atoms with Crippen LogP contribution in [0, 0.1) is 10.1 Å². The molecule has 7 heteroatoms. The van der Waals surface area contributed by atoms with E-state index in [1.165, 1.54) is 35.5 Å². The fourth-order valence-electron chi connectivity index (χ4n) is 3.64. The van der Waals surface area contributed by atoms with Crippen LogP contribution in [-0.2, 0) is 0 Å². The number of carbonyl (C=O) groups excluding carboxylic acids is 1. The van der Waals surface area contributed by atoms with E-state index < -0.39 is 10.8 Å². The number of nitrogens with zero attached hydrogens (tertiary/aromatic N) is 3. The third-order valence-electron chi connectivity index (χ3n) is 5.38. The molecule has 1 aliphatic heterocycles. The van der Waals surface area contributed by atoms with Gasteiger partial charge in [0.15, 0.2) is 0 Å². The second-order valence-corrected chi connectivity index (χ2v) is 7.80. The molecule has 2 aromatic rings. The Morgan fingerprint density at radius 3 is 2.61 bits per heavy atom. The average molecular weight is 380 g/mol. The minimum atomic E-state index is -0.504. The van der Waals surface area contributed by atoms with E-state index in [1.54, 1.807) is 6.21 Å². The van der Waals surface area contributed by atoms with Gasteiger partial charge in [0.05, 0.1) is 11.1 Å². The van der Waals surface area contributed by atoms with Gasteiger partial charge in [0.25, 0.3) is 11.6 Å². The lowest BCUT2D eigenvalue weighted by Gasteiger charge is -2.45. The fraction of sp³-hybridized carbons (Fsp3) is 0.333. The summed E-state index contributed by atoms with van der Waals surface area (Å²) in [7, 11) is 2.11. The van der Waals surface area contributed by atoms with E-state index in [0.717, 1.165) is 12.0 Å². The highest BCUT2D eigenvalue weighted by Gasteiger charge is 2.33. The first-order chi connectivity index (χ1) is 13.2. The van der Waals surface area contributed by atoms with Crippen molar-refractivity contribution in [2.45, 2.75) is 38.6 Å². The summed E-state index contributed by atoms with van der Waals surface area (Å²) in [6, 6.07) is 11.6. The summed E-state index contributed by atoms with van der Waals surface area (Å²) in [5, 5.41) is 14.7. The predicted molar refractivity (Wildman–Crippen MR) is 110 cm³/mol. The number of carbonyl (C=O) groups is 1. The molecule has 2 aromatic carbocycles. The number of anilines is 1.